The van der Waals surface area contributed by atoms with Gasteiger partial charge < -0.3 is 10.0 Å². The maximum Gasteiger partial charge on any atom is 0.305 e. The Morgan fingerprint density at radius 2 is 2.29 bits per heavy atom. The van der Waals surface area contributed by atoms with Crippen LogP contribution in [0.4, 0.5) is 5.69 Å². The predicted octanol–water partition coefficient (Wildman–Crippen LogP) is 0.879. The molecule has 0 unspecified atom stereocenters. The van der Waals surface area contributed by atoms with Crippen molar-refractivity contribution in [1.29, 1.82) is 0 Å². The lowest BCUT2D eigenvalue weighted by molar-refractivity contribution is -0.136. The zero-order valence-corrected chi connectivity index (χ0v) is 9.79. The van der Waals surface area contributed by atoms with Gasteiger partial charge in [-0.2, -0.15) is 0 Å². The molecule has 0 spiro atoms. The third-order valence-electron chi connectivity index (χ3n) is 2.70. The molecule has 0 radical (unpaired) electrons. The first-order valence-electron chi connectivity index (χ1n) is 5.30. The molecule has 0 aliphatic carbocycles. The van der Waals surface area contributed by atoms with Crippen LogP contribution in [-0.4, -0.2) is 39.7 Å². The molecule has 0 atom stereocenters. The minimum atomic E-state index is -0.794. The summed E-state index contributed by atoms with van der Waals surface area (Å²) in [4.78, 5) is 12.4. The fourth-order valence-corrected chi connectivity index (χ4v) is 1.66. The number of fused-ring (bicyclic) bond motifs is 1. The van der Waals surface area contributed by atoms with Crippen LogP contribution in [0.15, 0.2) is 18.2 Å². The molecule has 0 saturated heterocycles. The fraction of sp³-hybridized carbons (Fsp3) is 0.364. The van der Waals surface area contributed by atoms with E-state index >= 15 is 0 Å². The number of nitrogens with zero attached hydrogens (tertiary/aromatic N) is 4. The van der Waals surface area contributed by atoms with Crippen LogP contribution in [0.2, 0.25) is 0 Å². The SMILES string of the molecule is CN(CCC(=O)O)c1ccc2c(c1)nnn2C. The smallest absolute Gasteiger partial charge is 0.305 e. The lowest BCUT2D eigenvalue weighted by Crippen LogP contribution is -2.20. The summed E-state index contributed by atoms with van der Waals surface area (Å²) in [5.41, 5.74) is 2.71. The van der Waals surface area contributed by atoms with Gasteiger partial charge in [0.25, 0.3) is 0 Å². The molecule has 90 valence electrons. The number of hydrogen-bond acceptors (Lipinski definition) is 4. The van der Waals surface area contributed by atoms with Gasteiger partial charge in [-0.1, -0.05) is 5.21 Å². The Bertz CT molecular complexity index is 549. The van der Waals surface area contributed by atoms with Crippen molar-refractivity contribution in [3.8, 4) is 0 Å². The van der Waals surface area contributed by atoms with Crippen LogP contribution in [-0.2, 0) is 11.8 Å². The lowest BCUT2D eigenvalue weighted by atomic mass is 10.2. The van der Waals surface area contributed by atoms with Crippen LogP contribution in [0.25, 0.3) is 11.0 Å². The molecule has 2 rings (SSSR count). The van der Waals surface area contributed by atoms with Gasteiger partial charge in [-0.25, -0.2) is 4.68 Å². The molecule has 2 aromatic rings. The maximum absolute atomic E-state index is 10.5. The van der Waals surface area contributed by atoms with Gasteiger partial charge in [-0.15, -0.1) is 5.10 Å². The molecule has 0 bridgehead atoms. The quantitative estimate of drug-likeness (QED) is 0.850. The Balaban J connectivity index is 2.21. The molecule has 0 aliphatic rings. The average molecular weight is 234 g/mol. The van der Waals surface area contributed by atoms with E-state index in [0.29, 0.717) is 6.54 Å². The van der Waals surface area contributed by atoms with Crippen molar-refractivity contribution in [2.24, 2.45) is 7.05 Å². The minimum absolute atomic E-state index is 0.120. The molecule has 1 N–H and O–H groups in total. The minimum Gasteiger partial charge on any atom is -0.481 e. The monoisotopic (exact) mass is 234 g/mol. The first kappa shape index (κ1) is 11.4. The van der Waals surface area contributed by atoms with Gasteiger partial charge in [0.2, 0.25) is 0 Å². The number of aromatic nitrogens is 3. The third-order valence-corrected chi connectivity index (χ3v) is 2.70. The topological polar surface area (TPSA) is 71.2 Å². The Kier molecular flexibility index (Phi) is 2.95. The summed E-state index contributed by atoms with van der Waals surface area (Å²) in [6.45, 7) is 0.473. The van der Waals surface area contributed by atoms with Crippen LogP contribution in [0.3, 0.4) is 0 Å². The van der Waals surface area contributed by atoms with Crippen LogP contribution in [0.5, 0.6) is 0 Å². The Morgan fingerprint density at radius 1 is 1.53 bits per heavy atom. The van der Waals surface area contributed by atoms with Gasteiger partial charge in [0, 0.05) is 26.3 Å². The van der Waals surface area contributed by atoms with Crippen molar-refractivity contribution in [1.82, 2.24) is 15.0 Å². The first-order valence-corrected chi connectivity index (χ1v) is 5.30. The van der Waals surface area contributed by atoms with E-state index in [9.17, 15) is 4.79 Å². The molecule has 6 heteroatoms. The normalized spacial score (nSPS) is 10.7. The van der Waals surface area contributed by atoms with E-state index < -0.39 is 5.97 Å². The number of rotatable bonds is 4. The van der Waals surface area contributed by atoms with Crippen molar-refractivity contribution in [3.63, 3.8) is 0 Å². The molecule has 0 saturated carbocycles. The summed E-state index contributed by atoms with van der Waals surface area (Å²) in [6, 6.07) is 5.78. The van der Waals surface area contributed by atoms with E-state index in [-0.39, 0.29) is 6.42 Å². The van der Waals surface area contributed by atoms with Crippen molar-refractivity contribution in [2.75, 3.05) is 18.5 Å². The van der Waals surface area contributed by atoms with Crippen LogP contribution < -0.4 is 4.90 Å². The summed E-state index contributed by atoms with van der Waals surface area (Å²) in [5.74, 6) is -0.794. The second-order valence-electron chi connectivity index (χ2n) is 3.95. The molecule has 17 heavy (non-hydrogen) atoms. The zero-order valence-electron chi connectivity index (χ0n) is 9.79. The Morgan fingerprint density at radius 3 is 3.00 bits per heavy atom. The average Bonchev–Trinajstić information content (AvgIpc) is 2.67. The molecule has 1 aromatic carbocycles. The molecule has 0 aliphatic heterocycles. The summed E-state index contributed by atoms with van der Waals surface area (Å²) in [6.07, 6.45) is 0.120. The lowest BCUT2D eigenvalue weighted by Gasteiger charge is -2.17. The molecule has 0 amide bonds. The van der Waals surface area contributed by atoms with Gasteiger partial charge in [0.1, 0.15) is 5.52 Å². The highest BCUT2D eigenvalue weighted by Gasteiger charge is 2.07. The summed E-state index contributed by atoms with van der Waals surface area (Å²) in [5, 5.41) is 16.6. The number of carboxylic acid groups (broad SMARTS) is 1. The first-order chi connectivity index (χ1) is 8.08. The largest absolute Gasteiger partial charge is 0.481 e. The van der Waals surface area contributed by atoms with E-state index in [1.807, 2.05) is 37.2 Å². The van der Waals surface area contributed by atoms with Gasteiger partial charge >= 0.3 is 5.97 Å². The van der Waals surface area contributed by atoms with E-state index in [1.165, 1.54) is 0 Å². The predicted molar refractivity (Wildman–Crippen MR) is 64.0 cm³/mol. The molecular formula is C11H14N4O2. The highest BCUT2D eigenvalue weighted by atomic mass is 16.4. The number of aliphatic carboxylic acids is 1. The summed E-state index contributed by atoms with van der Waals surface area (Å²) in [7, 11) is 3.70. The number of benzene rings is 1. The fourth-order valence-electron chi connectivity index (χ4n) is 1.66. The second-order valence-corrected chi connectivity index (χ2v) is 3.95. The molecule has 1 heterocycles. The van der Waals surface area contributed by atoms with Gasteiger partial charge in [-0.05, 0) is 18.2 Å². The van der Waals surface area contributed by atoms with E-state index in [4.69, 9.17) is 5.11 Å². The van der Waals surface area contributed by atoms with Gasteiger partial charge in [0.05, 0.1) is 11.9 Å². The van der Waals surface area contributed by atoms with Gasteiger partial charge in [0.15, 0.2) is 0 Å². The molecule has 6 nitrogen and oxygen atoms in total. The van der Waals surface area contributed by atoms with Crippen molar-refractivity contribution >= 4 is 22.7 Å². The van der Waals surface area contributed by atoms with Gasteiger partial charge in [-0.3, -0.25) is 4.79 Å². The van der Waals surface area contributed by atoms with E-state index in [2.05, 4.69) is 10.3 Å². The van der Waals surface area contributed by atoms with Crippen molar-refractivity contribution in [2.45, 2.75) is 6.42 Å². The Hall–Kier alpha value is -2.11. The van der Waals surface area contributed by atoms with Crippen LogP contribution in [0.1, 0.15) is 6.42 Å². The third kappa shape index (κ3) is 2.35. The van der Waals surface area contributed by atoms with E-state index in [1.54, 1.807) is 4.68 Å². The highest BCUT2D eigenvalue weighted by Crippen LogP contribution is 2.19. The molecule has 1 aromatic heterocycles. The second kappa shape index (κ2) is 4.40. The maximum atomic E-state index is 10.5. The number of aryl methyl sites for hydroxylation is 1. The van der Waals surface area contributed by atoms with Crippen LogP contribution >= 0.6 is 0 Å². The molecule has 0 fully saturated rings. The summed E-state index contributed by atoms with van der Waals surface area (Å²) < 4.78 is 1.70. The highest BCUT2D eigenvalue weighted by molar-refractivity contribution is 5.79. The Labute approximate surface area is 98.4 Å². The number of carboxylic acids is 1. The number of anilines is 1. The number of carbonyl (C=O) groups is 1. The molecular weight excluding hydrogens is 220 g/mol. The van der Waals surface area contributed by atoms with Crippen molar-refractivity contribution in [3.05, 3.63) is 18.2 Å². The zero-order chi connectivity index (χ0) is 12.4. The van der Waals surface area contributed by atoms with E-state index in [0.717, 1.165) is 16.7 Å². The van der Waals surface area contributed by atoms with Crippen molar-refractivity contribution < 1.29 is 9.90 Å². The number of hydrogen-bond donors (Lipinski definition) is 1. The van der Waals surface area contributed by atoms with Crippen LogP contribution in [0, 0.1) is 0 Å². The summed E-state index contributed by atoms with van der Waals surface area (Å²) >= 11 is 0. The standard InChI is InChI=1S/C11H14N4O2/c1-14(6-5-11(16)17)8-3-4-10-9(7-8)12-13-15(10)2/h3-4,7H,5-6H2,1-2H3,(H,16,17).